The molecule has 3 heteroatoms. The van der Waals surface area contributed by atoms with E-state index in [1.165, 1.54) is 5.06 Å². The fourth-order valence-electron chi connectivity index (χ4n) is 1.32. The zero-order chi connectivity index (χ0) is 7.94. The highest BCUT2D eigenvalue weighted by atomic mass is 16.5. The molecule has 1 aliphatic rings. The lowest BCUT2D eigenvalue weighted by Gasteiger charge is -2.32. The molecular weight excluding hydrogens is 128 g/mol. The second-order valence-electron chi connectivity index (χ2n) is 3.54. The number of hydroxylamine groups is 2. The summed E-state index contributed by atoms with van der Waals surface area (Å²) in [4.78, 5) is 2.16. The molecule has 1 rings (SSSR count). The van der Waals surface area contributed by atoms with E-state index in [4.69, 9.17) is 0 Å². The minimum absolute atomic E-state index is 0.195. The molecule has 0 amide bonds. The van der Waals surface area contributed by atoms with Crippen LogP contribution in [0.25, 0.3) is 0 Å². The molecule has 60 valence electrons. The van der Waals surface area contributed by atoms with Crippen molar-refractivity contribution in [3.05, 3.63) is 0 Å². The van der Waals surface area contributed by atoms with Crippen molar-refractivity contribution in [3.8, 4) is 0 Å². The first kappa shape index (κ1) is 7.98. The highest BCUT2D eigenvalue weighted by Crippen LogP contribution is 2.25. The monoisotopic (exact) mass is 144 g/mol. The Labute approximate surface area is 62.2 Å². The average Bonchev–Trinajstić information content (AvgIpc) is 1.97. The molecule has 0 saturated carbocycles. The first-order chi connectivity index (χ1) is 4.46. The predicted octanol–water partition coefficient (Wildman–Crippen LogP) is 0.748. The zero-order valence-corrected chi connectivity index (χ0v) is 7.13. The number of rotatable bonds is 0. The van der Waals surface area contributed by atoms with Gasteiger partial charge < -0.3 is 5.21 Å². The SMILES string of the molecule is CC1CN(O)C(C)(C)N1C. The summed E-state index contributed by atoms with van der Waals surface area (Å²) in [6.45, 7) is 6.87. The number of nitrogens with zero attached hydrogens (tertiary/aromatic N) is 2. The van der Waals surface area contributed by atoms with E-state index < -0.39 is 0 Å². The molecule has 0 spiro atoms. The van der Waals surface area contributed by atoms with Crippen LogP contribution in [0, 0.1) is 0 Å². The predicted molar refractivity (Wildman–Crippen MR) is 39.8 cm³/mol. The Hall–Kier alpha value is -0.120. The maximum absolute atomic E-state index is 9.39. The van der Waals surface area contributed by atoms with E-state index in [9.17, 15) is 5.21 Å². The van der Waals surface area contributed by atoms with Crippen molar-refractivity contribution in [2.75, 3.05) is 13.6 Å². The minimum Gasteiger partial charge on any atom is -0.312 e. The van der Waals surface area contributed by atoms with Gasteiger partial charge in [0.2, 0.25) is 0 Å². The quantitative estimate of drug-likeness (QED) is 0.543. The van der Waals surface area contributed by atoms with Crippen LogP contribution in [0.15, 0.2) is 0 Å². The summed E-state index contributed by atoms with van der Waals surface area (Å²) in [6.07, 6.45) is 0. The molecule has 0 aromatic rings. The fraction of sp³-hybridized carbons (Fsp3) is 1.00. The summed E-state index contributed by atoms with van der Waals surface area (Å²) in [5.74, 6) is 0. The standard InChI is InChI=1S/C7H16N2O/c1-6-5-9(10)7(2,3)8(6)4/h6,10H,5H2,1-4H3. The molecule has 10 heavy (non-hydrogen) atoms. The van der Waals surface area contributed by atoms with E-state index >= 15 is 0 Å². The first-order valence-electron chi connectivity index (χ1n) is 3.65. The van der Waals surface area contributed by atoms with Crippen molar-refractivity contribution in [1.82, 2.24) is 9.96 Å². The van der Waals surface area contributed by atoms with Crippen molar-refractivity contribution in [1.29, 1.82) is 0 Å². The summed E-state index contributed by atoms with van der Waals surface area (Å²) < 4.78 is 0. The van der Waals surface area contributed by atoms with Crippen molar-refractivity contribution >= 4 is 0 Å². The molecular formula is C7H16N2O. The van der Waals surface area contributed by atoms with Crippen LogP contribution in [-0.4, -0.2) is 40.5 Å². The lowest BCUT2D eigenvalue weighted by Crippen LogP contribution is -2.45. The molecule has 1 heterocycles. The van der Waals surface area contributed by atoms with Gasteiger partial charge in [0.05, 0.1) is 5.66 Å². The Morgan fingerprint density at radius 3 is 2.10 bits per heavy atom. The number of likely N-dealkylation sites (N-methyl/N-ethyl adjacent to an activating group) is 1. The van der Waals surface area contributed by atoms with Crippen LogP contribution in [0.2, 0.25) is 0 Å². The second-order valence-corrected chi connectivity index (χ2v) is 3.54. The Morgan fingerprint density at radius 1 is 1.50 bits per heavy atom. The normalized spacial score (nSPS) is 35.1. The Morgan fingerprint density at radius 2 is 2.00 bits per heavy atom. The van der Waals surface area contributed by atoms with Crippen molar-refractivity contribution in [3.63, 3.8) is 0 Å². The highest BCUT2D eigenvalue weighted by molar-refractivity contribution is 4.87. The zero-order valence-electron chi connectivity index (χ0n) is 7.13. The summed E-state index contributed by atoms with van der Waals surface area (Å²) in [5.41, 5.74) is -0.195. The molecule has 0 aromatic heterocycles. The van der Waals surface area contributed by atoms with E-state index in [1.54, 1.807) is 0 Å². The fourth-order valence-corrected chi connectivity index (χ4v) is 1.32. The van der Waals surface area contributed by atoms with Gasteiger partial charge in [0.25, 0.3) is 0 Å². The van der Waals surface area contributed by atoms with Gasteiger partial charge >= 0.3 is 0 Å². The van der Waals surface area contributed by atoms with E-state index in [-0.39, 0.29) is 5.66 Å². The Balaban J connectivity index is 2.75. The summed E-state index contributed by atoms with van der Waals surface area (Å²) in [7, 11) is 2.03. The van der Waals surface area contributed by atoms with Crippen molar-refractivity contribution in [2.24, 2.45) is 0 Å². The topological polar surface area (TPSA) is 26.7 Å². The largest absolute Gasteiger partial charge is 0.312 e. The van der Waals surface area contributed by atoms with Crippen LogP contribution in [0.4, 0.5) is 0 Å². The lowest BCUT2D eigenvalue weighted by atomic mass is 10.2. The molecule has 0 bridgehead atoms. The maximum atomic E-state index is 9.39. The third-order valence-corrected chi connectivity index (χ3v) is 2.59. The highest BCUT2D eigenvalue weighted by Gasteiger charge is 2.40. The van der Waals surface area contributed by atoms with Gasteiger partial charge in [-0.2, -0.15) is 5.06 Å². The Bertz CT molecular complexity index is 136. The van der Waals surface area contributed by atoms with Gasteiger partial charge in [0.15, 0.2) is 0 Å². The van der Waals surface area contributed by atoms with Crippen LogP contribution < -0.4 is 0 Å². The van der Waals surface area contributed by atoms with Gasteiger partial charge in [0.1, 0.15) is 0 Å². The van der Waals surface area contributed by atoms with Crippen LogP contribution in [-0.2, 0) is 0 Å². The number of hydrogen-bond acceptors (Lipinski definition) is 3. The Kier molecular flexibility index (Phi) is 1.75. The van der Waals surface area contributed by atoms with Gasteiger partial charge in [-0.25, -0.2) is 0 Å². The van der Waals surface area contributed by atoms with Gasteiger partial charge in [0, 0.05) is 12.6 Å². The van der Waals surface area contributed by atoms with E-state index in [0.717, 1.165) is 6.54 Å². The first-order valence-corrected chi connectivity index (χ1v) is 3.65. The van der Waals surface area contributed by atoms with E-state index in [2.05, 4.69) is 11.8 Å². The smallest absolute Gasteiger partial charge is 0.0919 e. The molecule has 1 unspecified atom stereocenters. The summed E-state index contributed by atoms with van der Waals surface area (Å²) in [6, 6.07) is 0.444. The van der Waals surface area contributed by atoms with Crippen LogP contribution in [0.1, 0.15) is 20.8 Å². The summed E-state index contributed by atoms with van der Waals surface area (Å²) >= 11 is 0. The number of hydrogen-bond donors (Lipinski definition) is 1. The molecule has 1 N–H and O–H groups in total. The van der Waals surface area contributed by atoms with Gasteiger partial charge in [-0.15, -0.1) is 0 Å². The summed E-state index contributed by atoms with van der Waals surface area (Å²) in [5, 5.41) is 10.8. The van der Waals surface area contributed by atoms with E-state index in [0.29, 0.717) is 6.04 Å². The van der Waals surface area contributed by atoms with E-state index in [1.807, 2.05) is 20.9 Å². The molecule has 0 aliphatic carbocycles. The van der Waals surface area contributed by atoms with Crippen LogP contribution >= 0.6 is 0 Å². The average molecular weight is 144 g/mol. The minimum atomic E-state index is -0.195. The third-order valence-electron chi connectivity index (χ3n) is 2.59. The molecule has 1 aliphatic heterocycles. The molecule has 1 saturated heterocycles. The van der Waals surface area contributed by atoms with Crippen molar-refractivity contribution in [2.45, 2.75) is 32.5 Å². The van der Waals surface area contributed by atoms with Gasteiger partial charge in [-0.05, 0) is 27.8 Å². The van der Waals surface area contributed by atoms with Crippen LogP contribution in [0.3, 0.4) is 0 Å². The molecule has 0 radical (unpaired) electrons. The lowest BCUT2D eigenvalue weighted by molar-refractivity contribution is -0.164. The molecule has 1 fully saturated rings. The van der Waals surface area contributed by atoms with Crippen LogP contribution in [0.5, 0.6) is 0 Å². The van der Waals surface area contributed by atoms with Gasteiger partial charge in [-0.3, -0.25) is 4.90 Å². The third kappa shape index (κ3) is 0.944. The van der Waals surface area contributed by atoms with Crippen molar-refractivity contribution < 1.29 is 5.21 Å². The molecule has 1 atom stereocenters. The second kappa shape index (κ2) is 2.19. The molecule has 3 nitrogen and oxygen atoms in total. The van der Waals surface area contributed by atoms with Gasteiger partial charge in [-0.1, -0.05) is 0 Å². The molecule has 0 aromatic carbocycles. The maximum Gasteiger partial charge on any atom is 0.0919 e.